The molecular formula is C75H95Cl3N17O8P3S. The number of aromatic nitrogens is 6. The summed E-state index contributed by atoms with van der Waals surface area (Å²) in [6.07, 6.45) is 9.10. The maximum atomic E-state index is 12.8. The highest BCUT2D eigenvalue weighted by molar-refractivity contribution is 7.90. The van der Waals surface area contributed by atoms with E-state index in [1.807, 2.05) is 66.7 Å². The number of piperazine rings is 1. The zero-order valence-electron chi connectivity index (χ0n) is 62.6. The molecule has 3 fully saturated rings. The fourth-order valence-electron chi connectivity index (χ4n) is 12.7. The molecule has 3 aliphatic rings. The number of hydrogen-bond acceptors (Lipinski definition) is 25. The average Bonchev–Trinajstić information content (AvgIpc) is 1.55. The number of methoxy groups -OCH3 is 3. The number of benzene rings is 6. The summed E-state index contributed by atoms with van der Waals surface area (Å²) in [5.74, 6) is 3.95. The number of para-hydroxylation sites is 3. The molecule has 3 aliphatic heterocycles. The van der Waals surface area contributed by atoms with E-state index in [0.29, 0.717) is 85.2 Å². The molecule has 25 nitrogen and oxygen atoms in total. The van der Waals surface area contributed by atoms with Gasteiger partial charge in [0.2, 0.25) is 17.8 Å². The largest absolute Gasteiger partial charge is 0.495 e. The normalized spacial score (nSPS) is 15.3. The molecule has 6 N–H and O–H groups in total. The number of likely N-dealkylation sites (N-methyl/N-ethyl adjacent to an activating group) is 2. The van der Waals surface area contributed by atoms with E-state index < -0.39 is 31.3 Å². The molecule has 0 bridgehead atoms. The summed E-state index contributed by atoms with van der Waals surface area (Å²) in [4.78, 5) is 38.9. The van der Waals surface area contributed by atoms with Crippen LogP contribution in [0.25, 0.3) is 0 Å². The van der Waals surface area contributed by atoms with Crippen LogP contribution in [0.4, 0.5) is 80.8 Å². The molecule has 0 aliphatic carbocycles. The molecule has 6 aromatic carbocycles. The van der Waals surface area contributed by atoms with Crippen LogP contribution in [-0.2, 0) is 23.5 Å². The SMILES string of the molecule is CCN1CCN(C2CCN(c3ccc(Nc4ncc(Cl)c(Nc5ccccc5P(C)(C)=O)n4)c(OC)c3)CC2)CC1.COc1cc(N2CCC(N(C)C)C2)ccc1Nc1ncc(Cl)c(Nc2ccccc2P(C)(C)=O)n1.COc1cc(P(C)(C)=O)ccc1Nc1ncc(Cl)c(Nc2ccccc2S(C)(=O)=O)n1. The predicted octanol–water partition coefficient (Wildman–Crippen LogP) is 14.8. The second-order valence-corrected chi connectivity index (χ2v) is 40.3. The van der Waals surface area contributed by atoms with Gasteiger partial charge in [0.1, 0.15) is 53.7 Å². The van der Waals surface area contributed by atoms with Crippen LogP contribution in [0, 0.1) is 0 Å². The molecule has 12 rings (SSSR count). The van der Waals surface area contributed by atoms with Crippen molar-refractivity contribution in [3.63, 3.8) is 0 Å². The molecule has 1 unspecified atom stereocenters. The minimum Gasteiger partial charge on any atom is -0.495 e. The lowest BCUT2D eigenvalue weighted by Crippen LogP contribution is -2.53. The maximum absolute atomic E-state index is 12.8. The third-order valence-corrected chi connectivity index (χ3v) is 25.2. The quantitative estimate of drug-likeness (QED) is 0.0307. The molecule has 3 saturated heterocycles. The Morgan fingerprint density at radius 3 is 1.30 bits per heavy atom. The van der Waals surface area contributed by atoms with Gasteiger partial charge in [-0.25, -0.2) is 23.4 Å². The Hall–Kier alpha value is -8.25. The second-order valence-electron chi connectivity index (χ2n) is 27.5. The third-order valence-electron chi connectivity index (χ3n) is 18.6. The van der Waals surface area contributed by atoms with E-state index in [-0.39, 0.29) is 21.7 Å². The smallest absolute Gasteiger partial charge is 0.229 e. The second kappa shape index (κ2) is 35.9. The Labute approximate surface area is 643 Å². The highest BCUT2D eigenvalue weighted by atomic mass is 35.5. The first-order valence-corrected chi connectivity index (χ1v) is 45.7. The van der Waals surface area contributed by atoms with Crippen LogP contribution >= 0.6 is 56.2 Å². The third kappa shape index (κ3) is 21.6. The van der Waals surface area contributed by atoms with Crippen LogP contribution in [0.5, 0.6) is 17.2 Å². The van der Waals surface area contributed by atoms with Crippen molar-refractivity contribution in [1.29, 1.82) is 0 Å². The van der Waals surface area contributed by atoms with Crippen LogP contribution in [0.15, 0.2) is 151 Å². The number of piperidine rings is 1. The Morgan fingerprint density at radius 1 is 0.486 bits per heavy atom. The predicted molar refractivity (Wildman–Crippen MR) is 443 cm³/mol. The van der Waals surface area contributed by atoms with Crippen molar-refractivity contribution < 1.29 is 36.3 Å². The van der Waals surface area contributed by atoms with Gasteiger partial charge < -0.3 is 79.4 Å². The van der Waals surface area contributed by atoms with Crippen LogP contribution in [0.2, 0.25) is 15.1 Å². The van der Waals surface area contributed by atoms with E-state index in [4.69, 9.17) is 49.0 Å². The van der Waals surface area contributed by atoms with Gasteiger partial charge in [-0.05, 0) is 159 Å². The Bertz CT molecular complexity index is 4870. The monoisotopic (exact) mass is 1590 g/mol. The van der Waals surface area contributed by atoms with E-state index in [0.717, 1.165) is 84.5 Å². The lowest BCUT2D eigenvalue weighted by Gasteiger charge is -2.43. The molecule has 107 heavy (non-hydrogen) atoms. The molecule has 9 aromatic rings. The molecule has 0 saturated carbocycles. The van der Waals surface area contributed by atoms with Crippen molar-refractivity contribution in [1.82, 2.24) is 44.6 Å². The minimum atomic E-state index is -3.45. The summed E-state index contributed by atoms with van der Waals surface area (Å²) in [6.45, 7) is 22.5. The van der Waals surface area contributed by atoms with E-state index in [2.05, 4.69) is 126 Å². The van der Waals surface area contributed by atoms with Gasteiger partial charge in [-0.1, -0.05) is 78.1 Å². The number of rotatable bonds is 24. The summed E-state index contributed by atoms with van der Waals surface area (Å²) in [7, 11) is -1.82. The number of anilines is 14. The van der Waals surface area contributed by atoms with E-state index in [1.54, 1.807) is 96.8 Å². The molecule has 0 radical (unpaired) electrons. The topological polar surface area (TPSA) is 279 Å². The molecule has 6 heterocycles. The van der Waals surface area contributed by atoms with Gasteiger partial charge in [0.15, 0.2) is 27.3 Å². The molecule has 32 heteroatoms. The van der Waals surface area contributed by atoms with Gasteiger partial charge in [-0.15, -0.1) is 0 Å². The number of nitrogens with one attached hydrogen (secondary N) is 6. The van der Waals surface area contributed by atoms with Crippen molar-refractivity contribution in [3.8, 4) is 17.2 Å². The van der Waals surface area contributed by atoms with Gasteiger partial charge in [-0.3, -0.25) is 4.90 Å². The van der Waals surface area contributed by atoms with Gasteiger partial charge in [0, 0.05) is 110 Å². The fraction of sp³-hybridized carbons (Fsp3) is 0.360. The summed E-state index contributed by atoms with van der Waals surface area (Å²) in [6, 6.07) is 40.1. The van der Waals surface area contributed by atoms with Gasteiger partial charge in [0.25, 0.3) is 0 Å². The maximum Gasteiger partial charge on any atom is 0.229 e. The summed E-state index contributed by atoms with van der Waals surface area (Å²) in [5, 5.41) is 22.1. The summed E-state index contributed by atoms with van der Waals surface area (Å²) >= 11 is 19.0. The van der Waals surface area contributed by atoms with Crippen molar-refractivity contribution >= 4 is 163 Å². The zero-order chi connectivity index (χ0) is 77.0. The van der Waals surface area contributed by atoms with Crippen molar-refractivity contribution in [2.45, 2.75) is 43.2 Å². The lowest BCUT2D eigenvalue weighted by atomic mass is 10.0. The minimum absolute atomic E-state index is 0.125. The van der Waals surface area contributed by atoms with E-state index in [9.17, 15) is 22.1 Å². The van der Waals surface area contributed by atoms with Crippen LogP contribution in [0.3, 0.4) is 0 Å². The molecular weight excluding hydrogens is 1500 g/mol. The van der Waals surface area contributed by atoms with Gasteiger partial charge >= 0.3 is 0 Å². The van der Waals surface area contributed by atoms with Crippen molar-refractivity contribution in [2.75, 3.05) is 182 Å². The van der Waals surface area contributed by atoms with Crippen molar-refractivity contribution in [2.24, 2.45) is 0 Å². The summed E-state index contributed by atoms with van der Waals surface area (Å²) < 4.78 is 78.8. The number of halogens is 3. The Balaban J connectivity index is 0.000000173. The van der Waals surface area contributed by atoms with E-state index >= 15 is 0 Å². The van der Waals surface area contributed by atoms with Crippen molar-refractivity contribution in [3.05, 3.63) is 161 Å². The number of hydrogen-bond donors (Lipinski definition) is 6. The van der Waals surface area contributed by atoms with Crippen LogP contribution in [0.1, 0.15) is 26.2 Å². The fourth-order valence-corrected chi connectivity index (χ4v) is 17.1. The number of nitrogens with zero attached hydrogens (tertiary/aromatic N) is 11. The van der Waals surface area contributed by atoms with Crippen LogP contribution in [-0.4, -0.2) is 206 Å². The molecule has 0 amide bonds. The Kier molecular flexibility index (Phi) is 27.2. The number of sulfone groups is 1. The molecule has 570 valence electrons. The van der Waals surface area contributed by atoms with Crippen LogP contribution < -0.4 is 71.8 Å². The standard InChI is InChI=1S/C30H41ClN7O2P.C25H32ClN6O2P.C20H22ClN4O4PS/c1-5-36-16-18-38(19-17-36)22-12-14-37(15-13-22)23-10-11-25(27(20-23)40-2)34-30-32-21-24(31)29(35-30)33-26-8-6-7-9-28(26)41(3,4)39;1-31(2)18-12-13-32(16-18)17-10-11-20(22(14-17)34-3)29-25-27-15-19(26)24(30-25)28-21-8-6-7-9-23(21)35(4,5)33;1-29-17-11-13(30(2,3)26)9-10-15(17)24-20-22-12-14(21)19(25-20)23-16-7-5-6-8-18(16)31(4,27)28/h6-11,20-22H,5,12-19H2,1-4H3,(H2,32,33,34,35);6-11,14-15,18H,12-13,16H2,1-5H3,(H2,27,28,29,30);5-12H,1-4H3,(H2,22,23,24,25). The van der Waals surface area contributed by atoms with Gasteiger partial charge in [-0.2, -0.15) is 15.0 Å². The number of ether oxygens (including phenoxy) is 3. The first-order chi connectivity index (χ1) is 50.9. The molecule has 1 atom stereocenters. The first kappa shape index (κ1) is 81.3. The van der Waals surface area contributed by atoms with E-state index in [1.165, 1.54) is 64.6 Å². The molecule has 0 spiro atoms. The summed E-state index contributed by atoms with van der Waals surface area (Å²) in [5.41, 5.74) is 6.12. The average molecular weight is 1590 g/mol. The highest BCUT2D eigenvalue weighted by Gasteiger charge is 2.30. The first-order valence-electron chi connectivity index (χ1n) is 34.9. The highest BCUT2D eigenvalue weighted by Crippen LogP contribution is 2.43. The lowest BCUT2D eigenvalue weighted by molar-refractivity contribution is 0.0878. The molecule has 3 aromatic heterocycles. The Morgan fingerprint density at radius 2 is 0.888 bits per heavy atom. The van der Waals surface area contributed by atoms with Gasteiger partial charge in [0.05, 0.1) is 78.9 Å². The zero-order valence-corrected chi connectivity index (χ0v) is 68.3.